The van der Waals surface area contributed by atoms with Crippen molar-refractivity contribution in [2.75, 3.05) is 0 Å². The molecule has 0 fully saturated rings. The van der Waals surface area contributed by atoms with Gasteiger partial charge in [-0.2, -0.15) is 0 Å². The van der Waals surface area contributed by atoms with Crippen molar-refractivity contribution in [3.63, 3.8) is 0 Å². The van der Waals surface area contributed by atoms with E-state index in [9.17, 15) is 8.42 Å². The molecule has 2 rings (SSSR count). The molecular weight excluding hydrogens is 394 g/mol. The fourth-order valence-electron chi connectivity index (χ4n) is 2.13. The topological polar surface area (TPSA) is 46.2 Å². The molecule has 7 heteroatoms. The monoisotopic (exact) mass is 407 g/mol. The van der Waals surface area contributed by atoms with Crippen molar-refractivity contribution in [1.82, 2.24) is 4.72 Å². The van der Waals surface area contributed by atoms with E-state index in [4.69, 9.17) is 11.6 Å². The zero-order valence-electron chi connectivity index (χ0n) is 11.8. The number of hydrogen-bond donors (Lipinski definition) is 1. The first-order valence-electron chi connectivity index (χ1n) is 6.25. The predicted molar refractivity (Wildman–Crippen MR) is 91.7 cm³/mol. The SMILES string of the molecule is Cc1cc(C(C)NS(=O)(=O)c2ccc(Br)cc2Cl)c(C)s1. The lowest BCUT2D eigenvalue weighted by Gasteiger charge is -2.15. The van der Waals surface area contributed by atoms with E-state index in [1.165, 1.54) is 6.07 Å². The standard InChI is InChI=1S/C14H15BrClNO2S2/c1-8-6-12(10(3)20-8)9(2)17-21(18,19)14-5-4-11(15)7-13(14)16/h4-7,9,17H,1-3H3. The van der Waals surface area contributed by atoms with Crippen molar-refractivity contribution in [3.05, 3.63) is 49.1 Å². The van der Waals surface area contributed by atoms with Gasteiger partial charge in [-0.25, -0.2) is 13.1 Å². The molecule has 0 spiro atoms. The van der Waals surface area contributed by atoms with Crippen LogP contribution < -0.4 is 4.72 Å². The highest BCUT2D eigenvalue weighted by molar-refractivity contribution is 9.10. The summed E-state index contributed by atoms with van der Waals surface area (Å²) in [6.07, 6.45) is 0. The smallest absolute Gasteiger partial charge is 0.207 e. The highest BCUT2D eigenvalue weighted by atomic mass is 79.9. The predicted octanol–water partition coefficient (Wildman–Crippen LogP) is 4.82. The highest BCUT2D eigenvalue weighted by Crippen LogP contribution is 2.29. The number of aryl methyl sites for hydroxylation is 2. The Bertz CT molecular complexity index is 771. The molecule has 1 atom stereocenters. The number of rotatable bonds is 4. The van der Waals surface area contributed by atoms with Crippen LogP contribution in [0.25, 0.3) is 0 Å². The number of nitrogens with one attached hydrogen (secondary N) is 1. The molecule has 0 amide bonds. The minimum Gasteiger partial charge on any atom is -0.207 e. The van der Waals surface area contributed by atoms with Crippen LogP contribution in [0.5, 0.6) is 0 Å². The summed E-state index contributed by atoms with van der Waals surface area (Å²) in [4.78, 5) is 2.36. The van der Waals surface area contributed by atoms with Crippen LogP contribution in [0, 0.1) is 13.8 Å². The second-order valence-corrected chi connectivity index (χ2v) is 9.25. The fraction of sp³-hybridized carbons (Fsp3) is 0.286. The van der Waals surface area contributed by atoms with Gasteiger partial charge in [0.05, 0.1) is 5.02 Å². The van der Waals surface area contributed by atoms with Gasteiger partial charge in [0, 0.05) is 20.3 Å². The van der Waals surface area contributed by atoms with Gasteiger partial charge in [0.15, 0.2) is 0 Å². The third kappa shape index (κ3) is 3.87. The molecule has 0 aliphatic heterocycles. The van der Waals surface area contributed by atoms with Gasteiger partial charge in [0.1, 0.15) is 4.90 Å². The van der Waals surface area contributed by atoms with Gasteiger partial charge in [-0.15, -0.1) is 11.3 Å². The fourth-order valence-corrected chi connectivity index (χ4v) is 5.42. The Morgan fingerprint density at radius 3 is 2.48 bits per heavy atom. The number of benzene rings is 1. The molecule has 0 aliphatic rings. The average Bonchev–Trinajstić information content (AvgIpc) is 2.67. The molecule has 0 bridgehead atoms. The molecule has 21 heavy (non-hydrogen) atoms. The van der Waals surface area contributed by atoms with Crippen LogP contribution in [0.3, 0.4) is 0 Å². The molecule has 1 unspecified atom stereocenters. The number of halogens is 2. The average molecular weight is 409 g/mol. The van der Waals surface area contributed by atoms with Crippen LogP contribution in [0.15, 0.2) is 33.6 Å². The molecule has 2 aromatic rings. The van der Waals surface area contributed by atoms with Gasteiger partial charge in [0.2, 0.25) is 10.0 Å². The Morgan fingerprint density at radius 1 is 1.29 bits per heavy atom. The molecular formula is C14H15BrClNO2S2. The molecule has 3 nitrogen and oxygen atoms in total. The Hall–Kier alpha value is -0.400. The first-order valence-corrected chi connectivity index (χ1v) is 9.72. The summed E-state index contributed by atoms with van der Waals surface area (Å²) >= 11 is 11.0. The maximum atomic E-state index is 12.5. The maximum absolute atomic E-state index is 12.5. The van der Waals surface area contributed by atoms with E-state index >= 15 is 0 Å². The summed E-state index contributed by atoms with van der Waals surface area (Å²) in [5.74, 6) is 0. The second-order valence-electron chi connectivity index (χ2n) is 4.79. The van der Waals surface area contributed by atoms with E-state index in [1.807, 2.05) is 26.8 Å². The third-order valence-electron chi connectivity index (χ3n) is 3.06. The highest BCUT2D eigenvalue weighted by Gasteiger charge is 2.22. The van der Waals surface area contributed by atoms with E-state index in [2.05, 4.69) is 20.7 Å². The van der Waals surface area contributed by atoms with E-state index in [0.29, 0.717) is 0 Å². The molecule has 0 radical (unpaired) electrons. The summed E-state index contributed by atoms with van der Waals surface area (Å²) in [5, 5.41) is 0.197. The number of hydrogen-bond acceptors (Lipinski definition) is 3. The molecule has 0 saturated carbocycles. The number of thiophene rings is 1. The van der Waals surface area contributed by atoms with E-state index in [-0.39, 0.29) is 16.0 Å². The van der Waals surface area contributed by atoms with E-state index < -0.39 is 10.0 Å². The quantitative estimate of drug-likeness (QED) is 0.788. The zero-order valence-corrected chi connectivity index (χ0v) is 15.8. The molecule has 1 heterocycles. The summed E-state index contributed by atoms with van der Waals surface area (Å²) in [7, 11) is -3.66. The Balaban J connectivity index is 2.31. The molecule has 1 aromatic heterocycles. The normalized spacial score (nSPS) is 13.4. The van der Waals surface area contributed by atoms with Gasteiger partial charge in [-0.3, -0.25) is 0 Å². The van der Waals surface area contributed by atoms with E-state index in [0.717, 1.165) is 19.8 Å². The lowest BCUT2D eigenvalue weighted by atomic mass is 10.1. The van der Waals surface area contributed by atoms with Gasteiger partial charge < -0.3 is 0 Å². The lowest BCUT2D eigenvalue weighted by molar-refractivity contribution is 0.567. The molecule has 0 aliphatic carbocycles. The van der Waals surface area contributed by atoms with Crippen LogP contribution in [0.4, 0.5) is 0 Å². The van der Waals surface area contributed by atoms with Crippen molar-refractivity contribution in [2.45, 2.75) is 31.7 Å². The van der Waals surface area contributed by atoms with Crippen LogP contribution >= 0.6 is 38.9 Å². The van der Waals surface area contributed by atoms with Crippen molar-refractivity contribution >= 4 is 48.9 Å². The molecule has 1 aromatic carbocycles. The Kier molecular flexibility index (Phi) is 5.15. The van der Waals surface area contributed by atoms with Gasteiger partial charge in [-0.05, 0) is 50.6 Å². The van der Waals surface area contributed by atoms with Crippen molar-refractivity contribution in [2.24, 2.45) is 0 Å². The molecule has 114 valence electrons. The first kappa shape index (κ1) is 17.0. The van der Waals surface area contributed by atoms with Gasteiger partial charge >= 0.3 is 0 Å². The summed E-state index contributed by atoms with van der Waals surface area (Å²) in [5.41, 5.74) is 0.995. The van der Waals surface area contributed by atoms with Crippen LogP contribution in [0.2, 0.25) is 5.02 Å². The van der Waals surface area contributed by atoms with Crippen LogP contribution in [-0.4, -0.2) is 8.42 Å². The Labute approximate surface area is 142 Å². The van der Waals surface area contributed by atoms with Crippen molar-refractivity contribution in [1.29, 1.82) is 0 Å². The Morgan fingerprint density at radius 2 is 1.95 bits per heavy atom. The molecule has 0 saturated heterocycles. The first-order chi connectivity index (χ1) is 9.70. The minimum absolute atomic E-state index is 0.0869. The van der Waals surface area contributed by atoms with E-state index in [1.54, 1.807) is 23.5 Å². The van der Waals surface area contributed by atoms with Crippen molar-refractivity contribution < 1.29 is 8.42 Å². The maximum Gasteiger partial charge on any atom is 0.242 e. The summed E-state index contributed by atoms with van der Waals surface area (Å²) in [6, 6.07) is 6.43. The summed E-state index contributed by atoms with van der Waals surface area (Å²) in [6.45, 7) is 5.83. The van der Waals surface area contributed by atoms with Gasteiger partial charge in [-0.1, -0.05) is 27.5 Å². The summed E-state index contributed by atoms with van der Waals surface area (Å²) < 4.78 is 28.3. The lowest BCUT2D eigenvalue weighted by Crippen LogP contribution is -2.27. The minimum atomic E-state index is -3.66. The van der Waals surface area contributed by atoms with Crippen LogP contribution in [0.1, 0.15) is 28.3 Å². The third-order valence-corrected chi connectivity index (χ3v) is 6.56. The largest absolute Gasteiger partial charge is 0.242 e. The van der Waals surface area contributed by atoms with Crippen LogP contribution in [-0.2, 0) is 10.0 Å². The zero-order chi connectivity index (χ0) is 15.8. The molecule has 1 N–H and O–H groups in total. The second kappa shape index (κ2) is 6.38. The number of sulfonamides is 1. The van der Waals surface area contributed by atoms with Crippen molar-refractivity contribution in [3.8, 4) is 0 Å². The van der Waals surface area contributed by atoms with Gasteiger partial charge in [0.25, 0.3) is 0 Å².